The lowest BCUT2D eigenvalue weighted by Crippen LogP contribution is -2.57. The Hall–Kier alpha value is -0.610. The summed E-state index contributed by atoms with van der Waals surface area (Å²) in [6, 6.07) is 0. The van der Waals surface area contributed by atoms with Crippen molar-refractivity contribution in [1.82, 2.24) is 5.32 Å². The Balaban J connectivity index is 1.91. The van der Waals surface area contributed by atoms with Crippen LogP contribution in [-0.4, -0.2) is 38.4 Å². The van der Waals surface area contributed by atoms with E-state index in [-0.39, 0.29) is 5.60 Å². The predicted molar refractivity (Wildman–Crippen MR) is 74.0 cm³/mol. The highest BCUT2D eigenvalue weighted by atomic mass is 16.6. The zero-order valence-corrected chi connectivity index (χ0v) is 12.1. The van der Waals surface area contributed by atoms with Gasteiger partial charge in [0.25, 0.3) is 6.47 Å². The first-order chi connectivity index (χ1) is 9.24. The van der Waals surface area contributed by atoms with Gasteiger partial charge in [0, 0.05) is 13.1 Å². The standard InChI is InChI=1S/C15H27NO3/c1-2-14(11-16-12-14)10-15(6-4-3-5-7-15)19-9-8-18-13-17/h13,16H,2-12H2,1H3. The summed E-state index contributed by atoms with van der Waals surface area (Å²) in [7, 11) is 0. The summed E-state index contributed by atoms with van der Waals surface area (Å²) in [6.45, 7) is 5.95. The second kappa shape index (κ2) is 6.71. The van der Waals surface area contributed by atoms with E-state index in [0.717, 1.165) is 32.4 Å². The van der Waals surface area contributed by atoms with Crippen molar-refractivity contribution in [1.29, 1.82) is 0 Å². The molecule has 0 unspecified atom stereocenters. The number of carbonyl (C=O) groups is 1. The molecule has 1 aliphatic heterocycles. The zero-order valence-electron chi connectivity index (χ0n) is 12.1. The lowest BCUT2D eigenvalue weighted by Gasteiger charge is -2.50. The Labute approximate surface area is 116 Å². The SMILES string of the molecule is CCC1(CC2(OCCOC=O)CCCCC2)CNC1. The molecule has 1 aliphatic carbocycles. The molecule has 1 saturated carbocycles. The number of rotatable bonds is 8. The normalized spacial score (nSPS) is 24.5. The molecule has 110 valence electrons. The van der Waals surface area contributed by atoms with Crippen molar-refractivity contribution < 1.29 is 14.3 Å². The number of ether oxygens (including phenoxy) is 2. The van der Waals surface area contributed by atoms with Gasteiger partial charge < -0.3 is 14.8 Å². The van der Waals surface area contributed by atoms with E-state index >= 15 is 0 Å². The average molecular weight is 269 g/mol. The third-order valence-electron chi connectivity index (χ3n) is 4.89. The van der Waals surface area contributed by atoms with Crippen LogP contribution in [0.5, 0.6) is 0 Å². The molecule has 2 fully saturated rings. The molecule has 19 heavy (non-hydrogen) atoms. The number of hydrogen-bond donors (Lipinski definition) is 1. The van der Waals surface area contributed by atoms with Gasteiger partial charge in [-0.05, 0) is 31.1 Å². The van der Waals surface area contributed by atoms with Gasteiger partial charge in [-0.15, -0.1) is 0 Å². The molecule has 0 amide bonds. The van der Waals surface area contributed by atoms with Crippen LogP contribution in [0, 0.1) is 5.41 Å². The minimum atomic E-state index is 0.0304. The first-order valence-electron chi connectivity index (χ1n) is 7.64. The third kappa shape index (κ3) is 3.69. The molecule has 0 aromatic heterocycles. The molecule has 0 bridgehead atoms. The van der Waals surface area contributed by atoms with Gasteiger partial charge in [-0.3, -0.25) is 4.79 Å². The average Bonchev–Trinajstić information content (AvgIpc) is 2.41. The number of nitrogens with one attached hydrogen (secondary N) is 1. The topological polar surface area (TPSA) is 47.6 Å². The largest absolute Gasteiger partial charge is 0.465 e. The Bertz CT molecular complexity index is 278. The number of carbonyl (C=O) groups excluding carboxylic acids is 1. The summed E-state index contributed by atoms with van der Waals surface area (Å²) in [4.78, 5) is 10.2. The molecule has 0 aromatic rings. The highest BCUT2D eigenvalue weighted by Gasteiger charge is 2.44. The molecule has 1 saturated heterocycles. The van der Waals surface area contributed by atoms with Crippen molar-refractivity contribution in [2.75, 3.05) is 26.3 Å². The number of hydrogen-bond acceptors (Lipinski definition) is 4. The van der Waals surface area contributed by atoms with Gasteiger partial charge in [-0.25, -0.2) is 0 Å². The highest BCUT2D eigenvalue weighted by Crippen LogP contribution is 2.44. The van der Waals surface area contributed by atoms with E-state index in [1.807, 2.05) is 0 Å². The van der Waals surface area contributed by atoms with Crippen LogP contribution < -0.4 is 5.32 Å². The van der Waals surface area contributed by atoms with Gasteiger partial charge in [0.15, 0.2) is 0 Å². The van der Waals surface area contributed by atoms with E-state index in [2.05, 4.69) is 12.2 Å². The third-order valence-corrected chi connectivity index (χ3v) is 4.89. The van der Waals surface area contributed by atoms with E-state index in [1.54, 1.807) is 0 Å². The first kappa shape index (κ1) is 14.8. The summed E-state index contributed by atoms with van der Waals surface area (Å²) >= 11 is 0. The fraction of sp³-hybridized carbons (Fsp3) is 0.933. The summed E-state index contributed by atoms with van der Waals surface area (Å²) in [5, 5.41) is 3.41. The van der Waals surface area contributed by atoms with Gasteiger partial charge in [0.1, 0.15) is 6.61 Å². The smallest absolute Gasteiger partial charge is 0.293 e. The minimum absolute atomic E-state index is 0.0304. The molecule has 0 atom stereocenters. The monoisotopic (exact) mass is 269 g/mol. The second-order valence-electron chi connectivity index (χ2n) is 6.19. The molecule has 2 aliphatic rings. The first-order valence-corrected chi connectivity index (χ1v) is 7.64. The lowest BCUT2D eigenvalue weighted by atomic mass is 9.67. The van der Waals surface area contributed by atoms with Crippen LogP contribution in [0.15, 0.2) is 0 Å². The van der Waals surface area contributed by atoms with Crippen LogP contribution in [0.25, 0.3) is 0 Å². The zero-order chi connectivity index (χ0) is 13.6. The van der Waals surface area contributed by atoms with Crippen molar-refractivity contribution in [3.63, 3.8) is 0 Å². The Morgan fingerprint density at radius 2 is 1.89 bits per heavy atom. The Morgan fingerprint density at radius 3 is 2.42 bits per heavy atom. The van der Waals surface area contributed by atoms with Crippen molar-refractivity contribution in [2.45, 2.75) is 57.5 Å². The molecule has 0 radical (unpaired) electrons. The lowest BCUT2D eigenvalue weighted by molar-refractivity contribution is -0.139. The maximum absolute atomic E-state index is 10.2. The van der Waals surface area contributed by atoms with Crippen molar-refractivity contribution in [3.05, 3.63) is 0 Å². The van der Waals surface area contributed by atoms with E-state index in [9.17, 15) is 4.79 Å². The van der Waals surface area contributed by atoms with Crippen LogP contribution >= 0.6 is 0 Å². The highest BCUT2D eigenvalue weighted by molar-refractivity contribution is 5.36. The fourth-order valence-corrected chi connectivity index (χ4v) is 3.58. The molecule has 4 heteroatoms. The Morgan fingerprint density at radius 1 is 1.16 bits per heavy atom. The molecule has 1 N–H and O–H groups in total. The summed E-state index contributed by atoms with van der Waals surface area (Å²) in [5.41, 5.74) is 0.464. The van der Waals surface area contributed by atoms with Crippen molar-refractivity contribution in [3.8, 4) is 0 Å². The molecule has 0 spiro atoms. The quantitative estimate of drug-likeness (QED) is 0.542. The van der Waals surface area contributed by atoms with E-state index < -0.39 is 0 Å². The van der Waals surface area contributed by atoms with Gasteiger partial charge in [-0.1, -0.05) is 26.2 Å². The second-order valence-corrected chi connectivity index (χ2v) is 6.19. The summed E-state index contributed by atoms with van der Waals surface area (Å²) in [5.74, 6) is 0. The van der Waals surface area contributed by atoms with Crippen LogP contribution in [0.3, 0.4) is 0 Å². The Kier molecular flexibility index (Phi) is 5.22. The summed E-state index contributed by atoms with van der Waals surface area (Å²) < 4.78 is 10.9. The summed E-state index contributed by atoms with van der Waals surface area (Å²) in [6.07, 6.45) is 8.56. The van der Waals surface area contributed by atoms with Crippen LogP contribution in [0.1, 0.15) is 51.9 Å². The van der Waals surface area contributed by atoms with Crippen molar-refractivity contribution in [2.24, 2.45) is 5.41 Å². The van der Waals surface area contributed by atoms with Gasteiger partial charge in [-0.2, -0.15) is 0 Å². The van der Waals surface area contributed by atoms with Gasteiger partial charge >= 0.3 is 0 Å². The van der Waals surface area contributed by atoms with E-state index in [1.165, 1.54) is 25.7 Å². The fourth-order valence-electron chi connectivity index (χ4n) is 3.58. The van der Waals surface area contributed by atoms with Gasteiger partial charge in [0.05, 0.1) is 12.2 Å². The molecule has 4 nitrogen and oxygen atoms in total. The molecule has 0 aromatic carbocycles. The van der Waals surface area contributed by atoms with E-state index in [0.29, 0.717) is 25.1 Å². The molecule has 1 heterocycles. The van der Waals surface area contributed by atoms with Crippen LogP contribution in [-0.2, 0) is 14.3 Å². The minimum Gasteiger partial charge on any atom is -0.465 e. The van der Waals surface area contributed by atoms with Crippen LogP contribution in [0.4, 0.5) is 0 Å². The maximum Gasteiger partial charge on any atom is 0.293 e. The predicted octanol–water partition coefficient (Wildman–Crippen LogP) is 2.27. The molecule has 2 rings (SSSR count). The van der Waals surface area contributed by atoms with Crippen molar-refractivity contribution >= 4 is 6.47 Å². The molecular weight excluding hydrogens is 242 g/mol. The van der Waals surface area contributed by atoms with Crippen LogP contribution in [0.2, 0.25) is 0 Å². The maximum atomic E-state index is 10.2. The van der Waals surface area contributed by atoms with E-state index in [4.69, 9.17) is 9.47 Å². The van der Waals surface area contributed by atoms with Gasteiger partial charge in [0.2, 0.25) is 0 Å². The molecular formula is C15H27NO3.